The first-order valence-electron chi connectivity index (χ1n) is 9.14. The van der Waals surface area contributed by atoms with Crippen LogP contribution in [0.1, 0.15) is 5.56 Å². The summed E-state index contributed by atoms with van der Waals surface area (Å²) in [5.74, 6) is 1.55. The molecule has 4 rings (SSSR count). The lowest BCUT2D eigenvalue weighted by Gasteiger charge is -2.14. The van der Waals surface area contributed by atoms with E-state index in [1.54, 1.807) is 45.6 Å². The van der Waals surface area contributed by atoms with Crippen LogP contribution >= 0.6 is 0 Å². The lowest BCUT2D eigenvalue weighted by atomic mass is 10.0. The molecule has 0 saturated heterocycles. The minimum Gasteiger partial charge on any atom is -0.493 e. The largest absolute Gasteiger partial charge is 0.493 e. The van der Waals surface area contributed by atoms with Crippen molar-refractivity contribution in [3.8, 4) is 34.4 Å². The summed E-state index contributed by atoms with van der Waals surface area (Å²) >= 11 is 0. The first kappa shape index (κ1) is 19.2. The minimum atomic E-state index is 0.334. The first-order chi connectivity index (χ1) is 14.7. The second-order valence-electron chi connectivity index (χ2n) is 6.40. The number of hydrogen-bond donors (Lipinski definition) is 1. The van der Waals surface area contributed by atoms with Crippen LogP contribution < -0.4 is 19.5 Å². The maximum atomic E-state index is 9.01. The SMILES string of the molecule is COc1cc(Nc2nc3cccc(-c4ccc(C#N)cc4)c3o2)cc(OC)c1OC. The molecule has 4 aromatic rings. The molecule has 7 nitrogen and oxygen atoms in total. The molecule has 30 heavy (non-hydrogen) atoms. The zero-order chi connectivity index (χ0) is 21.1. The monoisotopic (exact) mass is 401 g/mol. The lowest BCUT2D eigenvalue weighted by molar-refractivity contribution is 0.324. The van der Waals surface area contributed by atoms with Crippen LogP contribution in [-0.4, -0.2) is 26.3 Å². The van der Waals surface area contributed by atoms with Crippen LogP contribution in [0.25, 0.3) is 22.2 Å². The molecule has 150 valence electrons. The van der Waals surface area contributed by atoms with Gasteiger partial charge in [-0.3, -0.25) is 0 Å². The molecule has 0 aliphatic heterocycles. The fraction of sp³-hybridized carbons (Fsp3) is 0.130. The summed E-state index contributed by atoms with van der Waals surface area (Å²) in [6, 6.07) is 19.1. The summed E-state index contributed by atoms with van der Waals surface area (Å²) in [7, 11) is 4.67. The maximum absolute atomic E-state index is 9.01. The van der Waals surface area contributed by atoms with E-state index in [0.717, 1.165) is 11.1 Å². The molecule has 7 heteroatoms. The number of methoxy groups -OCH3 is 3. The highest BCUT2D eigenvalue weighted by Crippen LogP contribution is 2.41. The van der Waals surface area contributed by atoms with Gasteiger partial charge in [-0.25, -0.2) is 0 Å². The highest BCUT2D eigenvalue weighted by molar-refractivity contribution is 5.91. The Balaban J connectivity index is 1.72. The van der Waals surface area contributed by atoms with E-state index in [-0.39, 0.29) is 0 Å². The maximum Gasteiger partial charge on any atom is 0.300 e. The van der Waals surface area contributed by atoms with Gasteiger partial charge in [-0.2, -0.15) is 10.2 Å². The van der Waals surface area contributed by atoms with Crippen molar-refractivity contribution in [2.75, 3.05) is 26.6 Å². The summed E-state index contributed by atoms with van der Waals surface area (Å²) in [6.45, 7) is 0. The number of hydrogen-bond acceptors (Lipinski definition) is 7. The Morgan fingerprint density at radius 2 is 1.63 bits per heavy atom. The lowest BCUT2D eigenvalue weighted by Crippen LogP contribution is -1.97. The smallest absolute Gasteiger partial charge is 0.300 e. The number of nitrogens with zero attached hydrogens (tertiary/aromatic N) is 2. The Morgan fingerprint density at radius 3 is 2.23 bits per heavy atom. The number of aromatic nitrogens is 1. The minimum absolute atomic E-state index is 0.334. The highest BCUT2D eigenvalue weighted by Gasteiger charge is 2.16. The van der Waals surface area contributed by atoms with E-state index in [1.165, 1.54) is 0 Å². The van der Waals surface area contributed by atoms with Gasteiger partial charge in [-0.15, -0.1) is 0 Å². The van der Waals surface area contributed by atoms with E-state index in [4.69, 9.17) is 23.9 Å². The molecule has 0 radical (unpaired) electrons. The topological polar surface area (TPSA) is 89.5 Å². The molecule has 0 atom stereocenters. The van der Waals surface area contributed by atoms with Gasteiger partial charge in [-0.05, 0) is 23.8 Å². The molecule has 0 bridgehead atoms. The van der Waals surface area contributed by atoms with E-state index < -0.39 is 0 Å². The van der Waals surface area contributed by atoms with Gasteiger partial charge in [0, 0.05) is 23.4 Å². The zero-order valence-corrected chi connectivity index (χ0v) is 16.7. The normalized spacial score (nSPS) is 10.5. The fourth-order valence-corrected chi connectivity index (χ4v) is 3.23. The molecule has 3 aromatic carbocycles. The van der Waals surface area contributed by atoms with Gasteiger partial charge < -0.3 is 23.9 Å². The summed E-state index contributed by atoms with van der Waals surface area (Å²) < 4.78 is 22.2. The second-order valence-corrected chi connectivity index (χ2v) is 6.40. The van der Waals surface area contributed by atoms with Crippen molar-refractivity contribution >= 4 is 22.8 Å². The second kappa shape index (κ2) is 8.05. The highest BCUT2D eigenvalue weighted by atomic mass is 16.5. The molecule has 0 fully saturated rings. The van der Waals surface area contributed by atoms with E-state index in [9.17, 15) is 0 Å². The van der Waals surface area contributed by atoms with Gasteiger partial charge in [0.25, 0.3) is 6.01 Å². The molecule has 1 aromatic heterocycles. The van der Waals surface area contributed by atoms with Gasteiger partial charge in [0.15, 0.2) is 17.1 Å². The Morgan fingerprint density at radius 1 is 0.933 bits per heavy atom. The summed E-state index contributed by atoms with van der Waals surface area (Å²) in [6.07, 6.45) is 0. The van der Waals surface area contributed by atoms with Crippen LogP contribution in [0.5, 0.6) is 17.2 Å². The van der Waals surface area contributed by atoms with E-state index in [1.807, 2.05) is 30.3 Å². The van der Waals surface area contributed by atoms with Crippen molar-refractivity contribution in [3.05, 3.63) is 60.2 Å². The van der Waals surface area contributed by atoms with Crippen molar-refractivity contribution in [2.45, 2.75) is 0 Å². The molecule has 1 N–H and O–H groups in total. The predicted molar refractivity (Wildman–Crippen MR) is 114 cm³/mol. The molecule has 0 aliphatic rings. The Hall–Kier alpha value is -4.18. The quantitative estimate of drug-likeness (QED) is 0.479. The molecular formula is C23H19N3O4. The van der Waals surface area contributed by atoms with Crippen molar-refractivity contribution in [2.24, 2.45) is 0 Å². The number of anilines is 2. The number of nitrogens with one attached hydrogen (secondary N) is 1. The number of benzene rings is 3. The molecule has 0 aliphatic carbocycles. The third-order valence-electron chi connectivity index (χ3n) is 4.66. The van der Waals surface area contributed by atoms with E-state index in [2.05, 4.69) is 16.4 Å². The van der Waals surface area contributed by atoms with E-state index >= 15 is 0 Å². The van der Waals surface area contributed by atoms with Crippen molar-refractivity contribution in [1.29, 1.82) is 5.26 Å². The van der Waals surface area contributed by atoms with Crippen LogP contribution in [0.4, 0.5) is 11.7 Å². The Labute approximate surface area is 173 Å². The summed E-state index contributed by atoms with van der Waals surface area (Å²) in [4.78, 5) is 4.54. The predicted octanol–water partition coefficient (Wildman–Crippen LogP) is 5.14. The van der Waals surface area contributed by atoms with Crippen molar-refractivity contribution in [3.63, 3.8) is 0 Å². The van der Waals surface area contributed by atoms with Gasteiger partial charge in [-0.1, -0.05) is 24.3 Å². The molecule has 0 saturated carbocycles. The third-order valence-corrected chi connectivity index (χ3v) is 4.66. The Bertz CT molecular complexity index is 1210. The molecule has 0 spiro atoms. The first-order valence-corrected chi connectivity index (χ1v) is 9.14. The van der Waals surface area contributed by atoms with Crippen LogP contribution in [0.2, 0.25) is 0 Å². The summed E-state index contributed by atoms with van der Waals surface area (Å²) in [5.41, 5.74) is 4.48. The fourth-order valence-electron chi connectivity index (χ4n) is 3.23. The Kier molecular flexibility index (Phi) is 5.14. The van der Waals surface area contributed by atoms with Gasteiger partial charge in [0.05, 0.1) is 33.0 Å². The van der Waals surface area contributed by atoms with Crippen LogP contribution in [0.15, 0.2) is 59.0 Å². The van der Waals surface area contributed by atoms with Gasteiger partial charge >= 0.3 is 0 Å². The van der Waals surface area contributed by atoms with E-state index in [0.29, 0.717) is 45.6 Å². The van der Waals surface area contributed by atoms with Crippen molar-refractivity contribution < 1.29 is 18.6 Å². The van der Waals surface area contributed by atoms with Crippen molar-refractivity contribution in [1.82, 2.24) is 4.98 Å². The van der Waals surface area contributed by atoms with Gasteiger partial charge in [0.2, 0.25) is 5.75 Å². The average molecular weight is 401 g/mol. The third kappa shape index (κ3) is 3.47. The summed E-state index contributed by atoms with van der Waals surface area (Å²) in [5, 5.41) is 12.2. The molecular weight excluding hydrogens is 382 g/mol. The van der Waals surface area contributed by atoms with Crippen LogP contribution in [0.3, 0.4) is 0 Å². The molecule has 1 heterocycles. The standard InChI is InChI=1S/C23H19N3O4/c1-27-19-11-16(12-20(28-2)22(19)29-3)25-23-26-18-6-4-5-17(21(18)30-23)15-9-7-14(13-24)8-10-15/h4-12H,1-3H3,(H,25,26). The number of ether oxygens (including phenoxy) is 3. The number of oxazole rings is 1. The van der Waals surface area contributed by atoms with Crippen LogP contribution in [-0.2, 0) is 0 Å². The van der Waals surface area contributed by atoms with Gasteiger partial charge in [0.1, 0.15) is 5.52 Å². The number of nitriles is 1. The number of para-hydroxylation sites is 1. The molecule has 0 amide bonds. The zero-order valence-electron chi connectivity index (χ0n) is 16.7. The number of fused-ring (bicyclic) bond motifs is 1. The van der Waals surface area contributed by atoms with Crippen LogP contribution in [0, 0.1) is 11.3 Å². The number of rotatable bonds is 6. The molecule has 0 unspecified atom stereocenters. The average Bonchev–Trinajstić information content (AvgIpc) is 3.20.